The lowest BCUT2D eigenvalue weighted by Gasteiger charge is -2.08. The van der Waals surface area contributed by atoms with Crippen LogP contribution in [0.2, 0.25) is 0 Å². The van der Waals surface area contributed by atoms with Crippen molar-refractivity contribution in [1.82, 2.24) is 9.97 Å². The highest BCUT2D eigenvalue weighted by Gasteiger charge is 2.00. The highest BCUT2D eigenvalue weighted by Crippen LogP contribution is 2.11. The van der Waals surface area contributed by atoms with E-state index in [-0.39, 0.29) is 5.95 Å². The molecule has 0 unspecified atom stereocenters. The van der Waals surface area contributed by atoms with Crippen molar-refractivity contribution in [3.05, 3.63) is 6.07 Å². The van der Waals surface area contributed by atoms with Gasteiger partial charge in [0.1, 0.15) is 11.6 Å². The van der Waals surface area contributed by atoms with Crippen LogP contribution in [0.5, 0.6) is 0 Å². The Morgan fingerprint density at radius 2 is 1.94 bits per heavy atom. The fraction of sp³-hybridized carbons (Fsp3) is 0.636. The summed E-state index contributed by atoms with van der Waals surface area (Å²) in [6.45, 7) is 7.12. The van der Waals surface area contributed by atoms with Gasteiger partial charge in [-0.05, 0) is 20.3 Å². The molecule has 0 fully saturated rings. The molecule has 0 amide bonds. The van der Waals surface area contributed by atoms with E-state index in [1.807, 2.05) is 19.9 Å². The Morgan fingerprint density at radius 1 is 1.24 bits per heavy atom. The maximum atomic E-state index is 5.61. The van der Waals surface area contributed by atoms with Crippen molar-refractivity contribution in [2.24, 2.45) is 0 Å². The Kier molecular flexibility index (Phi) is 6.09. The summed E-state index contributed by atoms with van der Waals surface area (Å²) < 4.78 is 5.25. The van der Waals surface area contributed by atoms with Gasteiger partial charge in [-0.15, -0.1) is 0 Å². The number of nitrogens with one attached hydrogen (secondary N) is 2. The van der Waals surface area contributed by atoms with Crippen molar-refractivity contribution in [3.8, 4) is 0 Å². The molecule has 0 aromatic carbocycles. The lowest BCUT2D eigenvalue weighted by Crippen LogP contribution is -2.10. The fourth-order valence-corrected chi connectivity index (χ4v) is 1.36. The van der Waals surface area contributed by atoms with E-state index in [1.165, 1.54) is 0 Å². The van der Waals surface area contributed by atoms with Gasteiger partial charge in [0.15, 0.2) is 0 Å². The molecule has 0 aliphatic heterocycles. The Hall–Kier alpha value is -1.56. The molecule has 0 radical (unpaired) electrons. The van der Waals surface area contributed by atoms with Gasteiger partial charge in [-0.2, -0.15) is 9.97 Å². The van der Waals surface area contributed by atoms with Gasteiger partial charge in [0.05, 0.1) is 0 Å². The number of nitrogens with two attached hydrogens (primary N) is 1. The van der Waals surface area contributed by atoms with E-state index in [2.05, 4.69) is 20.6 Å². The van der Waals surface area contributed by atoms with Crippen LogP contribution in [0, 0.1) is 0 Å². The van der Waals surface area contributed by atoms with E-state index in [9.17, 15) is 0 Å². The highest BCUT2D eigenvalue weighted by molar-refractivity contribution is 5.50. The van der Waals surface area contributed by atoms with Crippen molar-refractivity contribution in [1.29, 1.82) is 0 Å². The van der Waals surface area contributed by atoms with Gasteiger partial charge in [0, 0.05) is 32.4 Å². The van der Waals surface area contributed by atoms with Crippen LogP contribution in [0.3, 0.4) is 0 Å². The van der Waals surface area contributed by atoms with Crippen molar-refractivity contribution in [2.75, 3.05) is 42.7 Å². The Morgan fingerprint density at radius 3 is 2.59 bits per heavy atom. The third-order valence-electron chi connectivity index (χ3n) is 2.08. The summed E-state index contributed by atoms with van der Waals surface area (Å²) in [5.74, 6) is 1.76. The number of nitrogen functional groups attached to an aromatic ring is 1. The number of anilines is 3. The maximum Gasteiger partial charge on any atom is 0.223 e. The smallest absolute Gasteiger partial charge is 0.223 e. The first kappa shape index (κ1) is 13.5. The molecule has 0 bridgehead atoms. The Labute approximate surface area is 102 Å². The Balaban J connectivity index is 2.41. The van der Waals surface area contributed by atoms with Gasteiger partial charge in [-0.3, -0.25) is 0 Å². The first-order valence-corrected chi connectivity index (χ1v) is 5.96. The molecule has 0 aliphatic carbocycles. The first-order valence-electron chi connectivity index (χ1n) is 5.96. The minimum Gasteiger partial charge on any atom is -0.382 e. The first-order chi connectivity index (χ1) is 8.26. The summed E-state index contributed by atoms with van der Waals surface area (Å²) in [6, 6.07) is 1.85. The zero-order valence-electron chi connectivity index (χ0n) is 10.5. The van der Waals surface area contributed by atoms with Crippen LogP contribution in [0.25, 0.3) is 0 Å². The van der Waals surface area contributed by atoms with Crippen LogP contribution in [-0.4, -0.2) is 36.3 Å². The van der Waals surface area contributed by atoms with E-state index in [0.29, 0.717) is 0 Å². The van der Waals surface area contributed by atoms with Crippen LogP contribution in [-0.2, 0) is 4.74 Å². The van der Waals surface area contributed by atoms with Gasteiger partial charge in [0.25, 0.3) is 0 Å². The number of nitrogens with zero attached hydrogens (tertiary/aromatic N) is 2. The van der Waals surface area contributed by atoms with Gasteiger partial charge in [-0.1, -0.05) is 0 Å². The molecule has 1 aromatic heterocycles. The van der Waals surface area contributed by atoms with Gasteiger partial charge >= 0.3 is 0 Å². The average Bonchev–Trinajstić information content (AvgIpc) is 2.28. The van der Waals surface area contributed by atoms with Crippen LogP contribution in [0.4, 0.5) is 17.6 Å². The second-order valence-electron chi connectivity index (χ2n) is 3.50. The van der Waals surface area contributed by atoms with Crippen molar-refractivity contribution in [3.63, 3.8) is 0 Å². The van der Waals surface area contributed by atoms with Crippen molar-refractivity contribution < 1.29 is 4.74 Å². The number of rotatable bonds is 8. The fourth-order valence-electron chi connectivity index (χ4n) is 1.36. The van der Waals surface area contributed by atoms with Crippen molar-refractivity contribution >= 4 is 17.6 Å². The summed E-state index contributed by atoms with van der Waals surface area (Å²) >= 11 is 0. The molecule has 0 saturated heterocycles. The third-order valence-corrected chi connectivity index (χ3v) is 2.08. The second kappa shape index (κ2) is 7.67. The van der Waals surface area contributed by atoms with E-state index in [0.717, 1.165) is 44.4 Å². The van der Waals surface area contributed by atoms with E-state index in [4.69, 9.17) is 10.5 Å². The molecule has 0 atom stereocenters. The third kappa shape index (κ3) is 5.35. The predicted molar refractivity (Wildman–Crippen MR) is 70.2 cm³/mol. The topological polar surface area (TPSA) is 85.1 Å². The lowest BCUT2D eigenvalue weighted by atomic mass is 10.4. The molecule has 17 heavy (non-hydrogen) atoms. The van der Waals surface area contributed by atoms with E-state index in [1.54, 1.807) is 0 Å². The minimum atomic E-state index is 0.274. The lowest BCUT2D eigenvalue weighted by molar-refractivity contribution is 0.147. The largest absolute Gasteiger partial charge is 0.382 e. The summed E-state index contributed by atoms with van der Waals surface area (Å²) in [6.07, 6.45) is 0.939. The number of hydrogen-bond acceptors (Lipinski definition) is 6. The van der Waals surface area contributed by atoms with E-state index >= 15 is 0 Å². The van der Waals surface area contributed by atoms with Crippen LogP contribution < -0.4 is 16.4 Å². The molecule has 1 heterocycles. The molecule has 0 spiro atoms. The molecule has 6 heteroatoms. The summed E-state index contributed by atoms with van der Waals surface area (Å²) in [5, 5.41) is 6.30. The molecule has 1 aromatic rings. The minimum absolute atomic E-state index is 0.274. The standard InChI is InChI=1S/C11H21N5O/c1-3-13-9-8-10(16-11(12)15-9)14-6-5-7-17-4-2/h8H,3-7H2,1-2H3,(H4,12,13,14,15,16). The van der Waals surface area contributed by atoms with Gasteiger partial charge in [-0.25, -0.2) is 0 Å². The zero-order valence-corrected chi connectivity index (χ0v) is 10.5. The normalized spacial score (nSPS) is 10.2. The summed E-state index contributed by atoms with van der Waals surface area (Å²) in [7, 11) is 0. The van der Waals surface area contributed by atoms with Gasteiger partial charge in [0.2, 0.25) is 5.95 Å². The van der Waals surface area contributed by atoms with E-state index < -0.39 is 0 Å². The maximum absolute atomic E-state index is 5.61. The van der Waals surface area contributed by atoms with Crippen LogP contribution in [0.1, 0.15) is 20.3 Å². The monoisotopic (exact) mass is 239 g/mol. The summed E-state index contributed by atoms with van der Waals surface area (Å²) in [5.41, 5.74) is 5.61. The highest BCUT2D eigenvalue weighted by atomic mass is 16.5. The zero-order chi connectivity index (χ0) is 12.5. The number of ether oxygens (including phenoxy) is 1. The summed E-state index contributed by atoms with van der Waals surface area (Å²) in [4.78, 5) is 8.18. The molecule has 4 N–H and O–H groups in total. The SMILES string of the molecule is CCNc1cc(NCCCOCC)nc(N)n1. The molecule has 6 nitrogen and oxygen atoms in total. The van der Waals surface area contributed by atoms with Crippen LogP contribution >= 0.6 is 0 Å². The van der Waals surface area contributed by atoms with Crippen molar-refractivity contribution in [2.45, 2.75) is 20.3 Å². The molecular formula is C11H21N5O. The molecule has 0 saturated carbocycles. The second-order valence-corrected chi connectivity index (χ2v) is 3.50. The average molecular weight is 239 g/mol. The molecule has 96 valence electrons. The molecular weight excluding hydrogens is 218 g/mol. The number of aromatic nitrogens is 2. The van der Waals surface area contributed by atoms with Gasteiger partial charge < -0.3 is 21.1 Å². The van der Waals surface area contributed by atoms with Crippen LogP contribution in [0.15, 0.2) is 6.07 Å². The quantitative estimate of drug-likeness (QED) is 0.593. The Bertz CT molecular complexity index is 332. The predicted octanol–water partition coefficient (Wildman–Crippen LogP) is 1.33. The molecule has 1 rings (SSSR count). The number of hydrogen-bond donors (Lipinski definition) is 3. The molecule has 0 aliphatic rings.